The lowest BCUT2D eigenvalue weighted by atomic mass is 10.2. The number of likely N-dealkylation sites (N-methyl/N-ethyl adjacent to an activating group) is 1. The summed E-state index contributed by atoms with van der Waals surface area (Å²) in [6, 6.07) is 12.3. The number of carbonyl (C=O) groups excluding carboxylic acids is 1. The van der Waals surface area contributed by atoms with Crippen LogP contribution in [0, 0.1) is 5.82 Å². The second-order valence-corrected chi connectivity index (χ2v) is 9.83. The Bertz CT molecular complexity index is 968. The summed E-state index contributed by atoms with van der Waals surface area (Å²) in [5, 5.41) is 0.447. The highest BCUT2D eigenvalue weighted by Crippen LogP contribution is 2.18. The molecular weight excluding hydrogens is 429 g/mol. The molecule has 0 atom stereocenters. The lowest BCUT2D eigenvalue weighted by Gasteiger charge is -2.24. The Morgan fingerprint density at radius 1 is 1.03 bits per heavy atom. The standard InChI is InChI=1S/C21H25ClFN3O3S/c1-24(30(28,29)20-9-5-18(22)6-10-20)16-21(27)26-12-2-11-25(13-14-26)15-17-3-7-19(23)8-4-17/h3-10H,2,11-16H2,1H3. The molecule has 1 aliphatic heterocycles. The number of amides is 1. The molecule has 0 aromatic heterocycles. The summed E-state index contributed by atoms with van der Waals surface area (Å²) in [4.78, 5) is 16.8. The molecule has 0 bridgehead atoms. The van der Waals surface area contributed by atoms with Gasteiger partial charge < -0.3 is 4.90 Å². The van der Waals surface area contributed by atoms with E-state index < -0.39 is 10.0 Å². The highest BCUT2D eigenvalue weighted by molar-refractivity contribution is 7.89. The first-order valence-corrected chi connectivity index (χ1v) is 11.5. The van der Waals surface area contributed by atoms with Gasteiger partial charge in [-0.1, -0.05) is 23.7 Å². The van der Waals surface area contributed by atoms with E-state index in [4.69, 9.17) is 11.6 Å². The highest BCUT2D eigenvalue weighted by Gasteiger charge is 2.26. The summed E-state index contributed by atoms with van der Waals surface area (Å²) >= 11 is 5.82. The quantitative estimate of drug-likeness (QED) is 0.674. The largest absolute Gasteiger partial charge is 0.340 e. The van der Waals surface area contributed by atoms with E-state index in [-0.39, 0.29) is 23.2 Å². The van der Waals surface area contributed by atoms with Crippen LogP contribution in [0.1, 0.15) is 12.0 Å². The number of hydrogen-bond donors (Lipinski definition) is 0. The molecule has 30 heavy (non-hydrogen) atoms. The second kappa shape index (κ2) is 9.87. The normalized spacial score (nSPS) is 15.9. The minimum atomic E-state index is -3.77. The van der Waals surface area contributed by atoms with Crippen molar-refractivity contribution in [2.75, 3.05) is 39.8 Å². The van der Waals surface area contributed by atoms with Gasteiger partial charge in [-0.05, 0) is 48.4 Å². The fourth-order valence-corrected chi connectivity index (χ4v) is 4.63. The first-order valence-electron chi connectivity index (χ1n) is 9.72. The molecule has 0 N–H and O–H groups in total. The lowest BCUT2D eigenvalue weighted by molar-refractivity contribution is -0.131. The molecular formula is C21H25ClFN3O3S. The third kappa shape index (κ3) is 5.78. The Hall–Kier alpha value is -2.00. The van der Waals surface area contributed by atoms with Crippen LogP contribution in [-0.4, -0.2) is 68.2 Å². The molecule has 0 aliphatic carbocycles. The Morgan fingerprint density at radius 2 is 1.70 bits per heavy atom. The van der Waals surface area contributed by atoms with E-state index in [0.29, 0.717) is 31.2 Å². The molecule has 2 aromatic rings. The number of carbonyl (C=O) groups is 1. The maximum absolute atomic E-state index is 13.1. The molecule has 1 heterocycles. The van der Waals surface area contributed by atoms with Crippen LogP contribution in [0.2, 0.25) is 5.02 Å². The first kappa shape index (κ1) is 22.7. The molecule has 0 saturated carbocycles. The van der Waals surface area contributed by atoms with Crippen molar-refractivity contribution in [1.29, 1.82) is 0 Å². The van der Waals surface area contributed by atoms with E-state index in [1.54, 1.807) is 17.0 Å². The van der Waals surface area contributed by atoms with Gasteiger partial charge in [0.1, 0.15) is 5.82 Å². The fraction of sp³-hybridized carbons (Fsp3) is 0.381. The minimum Gasteiger partial charge on any atom is -0.340 e. The zero-order chi connectivity index (χ0) is 21.7. The molecule has 162 valence electrons. The van der Waals surface area contributed by atoms with Crippen molar-refractivity contribution in [3.8, 4) is 0 Å². The van der Waals surface area contributed by atoms with E-state index in [0.717, 1.165) is 22.8 Å². The molecule has 6 nitrogen and oxygen atoms in total. The lowest BCUT2D eigenvalue weighted by Crippen LogP contribution is -2.42. The van der Waals surface area contributed by atoms with Gasteiger partial charge in [-0.15, -0.1) is 0 Å². The van der Waals surface area contributed by atoms with Crippen molar-refractivity contribution < 1.29 is 17.6 Å². The molecule has 9 heteroatoms. The van der Waals surface area contributed by atoms with Crippen LogP contribution in [0.15, 0.2) is 53.4 Å². The fourth-order valence-electron chi connectivity index (χ4n) is 3.39. The Labute approximate surface area is 181 Å². The van der Waals surface area contributed by atoms with E-state index in [2.05, 4.69) is 4.90 Å². The van der Waals surface area contributed by atoms with Gasteiger partial charge in [-0.3, -0.25) is 9.69 Å². The monoisotopic (exact) mass is 453 g/mol. The second-order valence-electron chi connectivity index (χ2n) is 7.35. The maximum atomic E-state index is 13.1. The number of benzene rings is 2. The SMILES string of the molecule is CN(CC(=O)N1CCCN(Cc2ccc(F)cc2)CC1)S(=O)(=O)c1ccc(Cl)cc1. The molecule has 0 radical (unpaired) electrons. The Kier molecular flexibility index (Phi) is 7.46. The number of sulfonamides is 1. The van der Waals surface area contributed by atoms with E-state index >= 15 is 0 Å². The Morgan fingerprint density at radius 3 is 2.37 bits per heavy atom. The first-order chi connectivity index (χ1) is 14.3. The summed E-state index contributed by atoms with van der Waals surface area (Å²) in [6.07, 6.45) is 0.792. The third-order valence-electron chi connectivity index (χ3n) is 5.14. The summed E-state index contributed by atoms with van der Waals surface area (Å²) in [5.74, 6) is -0.484. The van der Waals surface area contributed by atoms with Crippen LogP contribution >= 0.6 is 11.6 Å². The predicted molar refractivity (Wildman–Crippen MR) is 114 cm³/mol. The van der Waals surface area contributed by atoms with Gasteiger partial charge in [-0.25, -0.2) is 12.8 Å². The van der Waals surface area contributed by atoms with Crippen molar-refractivity contribution in [2.45, 2.75) is 17.9 Å². The maximum Gasteiger partial charge on any atom is 0.243 e. The summed E-state index contributed by atoms with van der Waals surface area (Å²) in [7, 11) is -2.36. The molecule has 1 amide bonds. The van der Waals surface area contributed by atoms with Crippen molar-refractivity contribution in [3.63, 3.8) is 0 Å². The molecule has 2 aromatic carbocycles. The van der Waals surface area contributed by atoms with Crippen LogP contribution in [0.3, 0.4) is 0 Å². The summed E-state index contributed by atoms with van der Waals surface area (Å²) in [6.45, 7) is 3.06. The van der Waals surface area contributed by atoms with Crippen LogP contribution in [0.5, 0.6) is 0 Å². The summed E-state index contributed by atoms with van der Waals surface area (Å²) in [5.41, 5.74) is 1.02. The van der Waals surface area contributed by atoms with E-state index in [9.17, 15) is 17.6 Å². The molecule has 1 fully saturated rings. The minimum absolute atomic E-state index is 0.100. The van der Waals surface area contributed by atoms with E-state index in [1.807, 2.05) is 0 Å². The van der Waals surface area contributed by atoms with Gasteiger partial charge in [0.2, 0.25) is 15.9 Å². The average Bonchev–Trinajstić information content (AvgIpc) is 2.95. The third-order valence-corrected chi connectivity index (χ3v) is 7.21. The predicted octanol–water partition coefficient (Wildman–Crippen LogP) is 2.83. The van der Waals surface area contributed by atoms with Gasteiger partial charge in [0, 0.05) is 44.8 Å². The molecule has 1 aliphatic rings. The number of nitrogens with zero attached hydrogens (tertiary/aromatic N) is 3. The smallest absolute Gasteiger partial charge is 0.243 e. The average molecular weight is 454 g/mol. The highest BCUT2D eigenvalue weighted by atomic mass is 35.5. The van der Waals surface area contributed by atoms with Crippen LogP contribution in [0.4, 0.5) is 4.39 Å². The molecule has 3 rings (SSSR count). The number of rotatable bonds is 6. The van der Waals surface area contributed by atoms with Gasteiger partial charge in [-0.2, -0.15) is 4.31 Å². The van der Waals surface area contributed by atoms with Crippen LogP contribution in [-0.2, 0) is 21.4 Å². The van der Waals surface area contributed by atoms with Crippen molar-refractivity contribution in [3.05, 3.63) is 64.9 Å². The van der Waals surface area contributed by atoms with E-state index in [1.165, 1.54) is 43.4 Å². The van der Waals surface area contributed by atoms with Gasteiger partial charge in [0.25, 0.3) is 0 Å². The number of halogens is 2. The Balaban J connectivity index is 1.56. The van der Waals surface area contributed by atoms with Gasteiger partial charge in [0.15, 0.2) is 0 Å². The van der Waals surface area contributed by atoms with Crippen molar-refractivity contribution in [2.24, 2.45) is 0 Å². The molecule has 0 spiro atoms. The van der Waals surface area contributed by atoms with Gasteiger partial charge in [0.05, 0.1) is 11.4 Å². The van der Waals surface area contributed by atoms with Crippen LogP contribution < -0.4 is 0 Å². The van der Waals surface area contributed by atoms with Crippen molar-refractivity contribution in [1.82, 2.24) is 14.1 Å². The zero-order valence-electron chi connectivity index (χ0n) is 16.8. The van der Waals surface area contributed by atoms with Crippen molar-refractivity contribution >= 4 is 27.5 Å². The molecule has 1 saturated heterocycles. The van der Waals surface area contributed by atoms with Gasteiger partial charge >= 0.3 is 0 Å². The zero-order valence-corrected chi connectivity index (χ0v) is 18.4. The topological polar surface area (TPSA) is 60.9 Å². The number of hydrogen-bond acceptors (Lipinski definition) is 4. The van der Waals surface area contributed by atoms with Crippen LogP contribution in [0.25, 0.3) is 0 Å². The summed E-state index contributed by atoms with van der Waals surface area (Å²) < 4.78 is 39.5. The molecule has 0 unspecified atom stereocenters.